The van der Waals surface area contributed by atoms with Crippen LogP contribution in [0, 0.1) is 0 Å². The number of rotatable bonds is 5. The summed E-state index contributed by atoms with van der Waals surface area (Å²) in [7, 11) is 0. The van der Waals surface area contributed by atoms with Gasteiger partial charge >= 0.3 is 0 Å². The number of benzene rings is 3. The van der Waals surface area contributed by atoms with E-state index in [-0.39, 0.29) is 37.9 Å². The standard InChI is InChI=1S/C23H18Cl2O8/c1-8(26)11-6-13(20(30)22(32)18(11)28)17(10-3-4-15(24)16(25)5-10)14-7-12(9(2)27)19(29)23(33)21(14)31/h3-7,17,28-33H,1-2H3. The van der Waals surface area contributed by atoms with E-state index in [1.54, 1.807) is 0 Å². The van der Waals surface area contributed by atoms with E-state index in [1.165, 1.54) is 18.2 Å². The van der Waals surface area contributed by atoms with Crippen molar-refractivity contribution in [3.8, 4) is 34.5 Å². The summed E-state index contributed by atoms with van der Waals surface area (Å²) in [4.78, 5) is 24.1. The van der Waals surface area contributed by atoms with Crippen LogP contribution in [0.15, 0.2) is 30.3 Å². The van der Waals surface area contributed by atoms with Crippen LogP contribution >= 0.6 is 23.2 Å². The predicted molar refractivity (Wildman–Crippen MR) is 120 cm³/mol. The van der Waals surface area contributed by atoms with Crippen molar-refractivity contribution in [1.29, 1.82) is 0 Å². The van der Waals surface area contributed by atoms with Gasteiger partial charge in [-0.1, -0.05) is 29.3 Å². The van der Waals surface area contributed by atoms with Gasteiger partial charge in [-0.3, -0.25) is 9.59 Å². The smallest absolute Gasteiger partial charge is 0.201 e. The van der Waals surface area contributed by atoms with Crippen molar-refractivity contribution >= 4 is 34.8 Å². The number of hydrogen-bond donors (Lipinski definition) is 6. The summed E-state index contributed by atoms with van der Waals surface area (Å²) in [5, 5.41) is 62.3. The maximum absolute atomic E-state index is 12.0. The number of phenolic OH excluding ortho intramolecular Hbond substituents is 6. The molecule has 0 aliphatic rings. The second-order valence-corrected chi connectivity index (χ2v) is 8.15. The van der Waals surface area contributed by atoms with Crippen molar-refractivity contribution in [3.63, 3.8) is 0 Å². The number of ketones is 2. The Morgan fingerprint density at radius 1 is 0.636 bits per heavy atom. The number of Topliss-reactive ketones (excluding diaryl/α,β-unsaturated/α-hetero) is 2. The number of phenols is 6. The lowest BCUT2D eigenvalue weighted by atomic mass is 9.81. The highest BCUT2D eigenvalue weighted by Gasteiger charge is 2.31. The lowest BCUT2D eigenvalue weighted by Crippen LogP contribution is -2.08. The second-order valence-electron chi connectivity index (χ2n) is 7.34. The van der Waals surface area contributed by atoms with E-state index in [0.717, 1.165) is 26.0 Å². The second kappa shape index (κ2) is 8.73. The van der Waals surface area contributed by atoms with Crippen molar-refractivity contribution in [1.82, 2.24) is 0 Å². The van der Waals surface area contributed by atoms with Gasteiger partial charge in [0.25, 0.3) is 0 Å². The molecule has 0 spiro atoms. The number of carbonyl (C=O) groups excluding carboxylic acids is 2. The normalized spacial score (nSPS) is 11.1. The Bertz CT molecular complexity index is 1240. The van der Waals surface area contributed by atoms with Gasteiger partial charge in [0.2, 0.25) is 11.5 Å². The van der Waals surface area contributed by atoms with Crippen LogP contribution in [-0.4, -0.2) is 42.2 Å². The Hall–Kier alpha value is -3.62. The molecule has 0 radical (unpaired) electrons. The Morgan fingerprint density at radius 3 is 1.42 bits per heavy atom. The van der Waals surface area contributed by atoms with Crippen LogP contribution < -0.4 is 0 Å². The molecular formula is C23H18Cl2O8. The summed E-state index contributed by atoms with van der Waals surface area (Å²) >= 11 is 12.1. The first kappa shape index (κ1) is 24.0. The molecule has 6 N–H and O–H groups in total. The third-order valence-electron chi connectivity index (χ3n) is 5.21. The first-order chi connectivity index (χ1) is 15.4. The summed E-state index contributed by atoms with van der Waals surface area (Å²) in [6.45, 7) is 2.25. The Kier molecular flexibility index (Phi) is 6.35. The zero-order chi connectivity index (χ0) is 24.8. The van der Waals surface area contributed by atoms with E-state index in [2.05, 4.69) is 0 Å². The van der Waals surface area contributed by atoms with Gasteiger partial charge in [0.1, 0.15) is 0 Å². The molecule has 0 amide bonds. The number of hydrogen-bond acceptors (Lipinski definition) is 8. The van der Waals surface area contributed by atoms with Crippen molar-refractivity contribution in [2.45, 2.75) is 19.8 Å². The fourth-order valence-electron chi connectivity index (χ4n) is 3.53. The monoisotopic (exact) mass is 492 g/mol. The predicted octanol–water partition coefficient (Wildman–Crippen LogP) is 4.81. The number of aromatic hydroxyl groups is 6. The molecule has 33 heavy (non-hydrogen) atoms. The average Bonchev–Trinajstić information content (AvgIpc) is 2.75. The highest BCUT2D eigenvalue weighted by atomic mass is 35.5. The van der Waals surface area contributed by atoms with Crippen molar-refractivity contribution in [3.05, 3.63) is 68.2 Å². The molecule has 0 saturated heterocycles. The van der Waals surface area contributed by atoms with Crippen LogP contribution in [0.25, 0.3) is 0 Å². The van der Waals surface area contributed by atoms with Crippen LogP contribution in [0.2, 0.25) is 10.0 Å². The lowest BCUT2D eigenvalue weighted by Gasteiger charge is -2.24. The fourth-order valence-corrected chi connectivity index (χ4v) is 3.84. The lowest BCUT2D eigenvalue weighted by molar-refractivity contribution is 0.100. The minimum Gasteiger partial charge on any atom is -0.504 e. The molecule has 0 aliphatic carbocycles. The molecule has 3 rings (SSSR count). The van der Waals surface area contributed by atoms with E-state index in [0.29, 0.717) is 0 Å². The Balaban J connectivity index is 2.49. The molecule has 0 atom stereocenters. The largest absolute Gasteiger partial charge is 0.504 e. The Morgan fingerprint density at radius 2 is 1.06 bits per heavy atom. The van der Waals surface area contributed by atoms with Crippen molar-refractivity contribution in [2.24, 2.45) is 0 Å². The molecular weight excluding hydrogens is 475 g/mol. The van der Waals surface area contributed by atoms with Gasteiger partial charge in [0, 0.05) is 17.0 Å². The summed E-state index contributed by atoms with van der Waals surface area (Å²) in [6, 6.07) is 6.45. The molecule has 0 aliphatic heterocycles. The molecule has 0 bridgehead atoms. The van der Waals surface area contributed by atoms with E-state index in [1.807, 2.05) is 0 Å². The Labute approximate surface area is 197 Å². The SMILES string of the molecule is CC(=O)c1cc(C(c2ccc(Cl)c(Cl)c2)c2cc(C(C)=O)c(O)c(O)c2O)c(O)c(O)c1O. The van der Waals surface area contributed by atoms with Crippen LogP contribution in [0.4, 0.5) is 0 Å². The summed E-state index contributed by atoms with van der Waals surface area (Å²) in [6.07, 6.45) is 0. The topological polar surface area (TPSA) is 156 Å². The number of halogens is 2. The molecule has 3 aromatic rings. The quantitative estimate of drug-likeness (QED) is 0.168. The van der Waals surface area contributed by atoms with Gasteiger partial charge in [-0.2, -0.15) is 0 Å². The van der Waals surface area contributed by atoms with Gasteiger partial charge < -0.3 is 30.6 Å². The van der Waals surface area contributed by atoms with Crippen LogP contribution in [0.5, 0.6) is 34.5 Å². The molecule has 0 unspecified atom stereocenters. The van der Waals surface area contributed by atoms with E-state index < -0.39 is 52.0 Å². The zero-order valence-electron chi connectivity index (χ0n) is 17.2. The van der Waals surface area contributed by atoms with Crippen molar-refractivity contribution in [2.75, 3.05) is 0 Å². The third kappa shape index (κ3) is 4.10. The maximum Gasteiger partial charge on any atom is 0.201 e. The molecule has 8 nitrogen and oxygen atoms in total. The minimum absolute atomic E-state index is 0.0859. The van der Waals surface area contributed by atoms with Gasteiger partial charge in [-0.15, -0.1) is 0 Å². The average molecular weight is 493 g/mol. The summed E-state index contributed by atoms with van der Waals surface area (Å²) < 4.78 is 0. The first-order valence-corrected chi connectivity index (χ1v) is 10.1. The first-order valence-electron chi connectivity index (χ1n) is 9.39. The summed E-state index contributed by atoms with van der Waals surface area (Å²) in [5.41, 5.74) is -0.763. The van der Waals surface area contributed by atoms with Crippen LogP contribution in [0.3, 0.4) is 0 Å². The van der Waals surface area contributed by atoms with E-state index >= 15 is 0 Å². The molecule has 172 valence electrons. The van der Waals surface area contributed by atoms with Gasteiger partial charge in [0.05, 0.1) is 21.2 Å². The van der Waals surface area contributed by atoms with Gasteiger partial charge in [-0.25, -0.2) is 0 Å². The third-order valence-corrected chi connectivity index (χ3v) is 5.95. The van der Waals surface area contributed by atoms with Crippen LogP contribution in [-0.2, 0) is 0 Å². The van der Waals surface area contributed by atoms with Gasteiger partial charge in [0.15, 0.2) is 34.6 Å². The molecule has 0 heterocycles. The minimum atomic E-state index is -1.26. The highest BCUT2D eigenvalue weighted by Crippen LogP contribution is 2.51. The fraction of sp³-hybridized carbons (Fsp3) is 0.130. The molecule has 3 aromatic carbocycles. The molecule has 10 heteroatoms. The van der Waals surface area contributed by atoms with Crippen LogP contribution in [0.1, 0.15) is 57.2 Å². The highest BCUT2D eigenvalue weighted by molar-refractivity contribution is 6.42. The molecule has 0 saturated carbocycles. The van der Waals surface area contributed by atoms with Gasteiger partial charge in [-0.05, 0) is 43.7 Å². The van der Waals surface area contributed by atoms with Crippen molar-refractivity contribution < 1.29 is 40.2 Å². The maximum atomic E-state index is 12.0. The number of carbonyl (C=O) groups is 2. The van der Waals surface area contributed by atoms with E-state index in [4.69, 9.17) is 23.2 Å². The molecule has 0 aromatic heterocycles. The summed E-state index contributed by atoms with van der Waals surface area (Å²) in [5.74, 6) is -7.87. The van der Waals surface area contributed by atoms with E-state index in [9.17, 15) is 40.2 Å². The zero-order valence-corrected chi connectivity index (χ0v) is 18.7. The molecule has 0 fully saturated rings.